The summed E-state index contributed by atoms with van der Waals surface area (Å²) >= 11 is 18.7. The molecule has 0 radical (unpaired) electrons. The van der Waals surface area contributed by atoms with Gasteiger partial charge in [0, 0.05) is 24.0 Å². The van der Waals surface area contributed by atoms with Crippen LogP contribution < -0.4 is 9.62 Å². The van der Waals surface area contributed by atoms with Crippen molar-refractivity contribution in [1.82, 2.24) is 10.2 Å². The monoisotopic (exact) mass is 699 g/mol. The van der Waals surface area contributed by atoms with Gasteiger partial charge in [0.15, 0.2) is 0 Å². The number of aryl methyl sites for hydroxylation is 2. The van der Waals surface area contributed by atoms with Crippen LogP contribution in [0.3, 0.4) is 0 Å². The maximum atomic E-state index is 14.6. The van der Waals surface area contributed by atoms with Gasteiger partial charge in [0.1, 0.15) is 12.6 Å². The first-order chi connectivity index (χ1) is 21.8. The van der Waals surface area contributed by atoms with Crippen LogP contribution in [0, 0.1) is 13.8 Å². The van der Waals surface area contributed by atoms with Gasteiger partial charge < -0.3 is 10.2 Å². The van der Waals surface area contributed by atoms with Crippen molar-refractivity contribution >= 4 is 62.3 Å². The fourth-order valence-corrected chi connectivity index (χ4v) is 7.04. The topological polar surface area (TPSA) is 86.8 Å². The van der Waals surface area contributed by atoms with Crippen LogP contribution in [0.2, 0.25) is 15.1 Å². The molecule has 4 aromatic rings. The van der Waals surface area contributed by atoms with E-state index in [2.05, 4.69) is 5.32 Å². The van der Waals surface area contributed by atoms with Gasteiger partial charge in [-0.15, -0.1) is 0 Å². The van der Waals surface area contributed by atoms with Crippen molar-refractivity contribution < 1.29 is 18.0 Å². The number of carbonyl (C=O) groups excluding carboxylic acids is 2. The summed E-state index contributed by atoms with van der Waals surface area (Å²) in [5.74, 6) is -0.959. The predicted octanol–water partition coefficient (Wildman–Crippen LogP) is 7.62. The van der Waals surface area contributed by atoms with E-state index >= 15 is 0 Å². The summed E-state index contributed by atoms with van der Waals surface area (Å²) in [7, 11) is -4.24. The number of carbonyl (C=O) groups is 2. The minimum atomic E-state index is -4.24. The van der Waals surface area contributed by atoms with E-state index in [0.717, 1.165) is 15.4 Å². The largest absolute Gasteiger partial charge is 0.352 e. The van der Waals surface area contributed by atoms with Crippen molar-refractivity contribution in [1.29, 1.82) is 0 Å². The Kier molecular flexibility index (Phi) is 11.8. The van der Waals surface area contributed by atoms with Gasteiger partial charge in [-0.05, 0) is 86.8 Å². The molecule has 0 fully saturated rings. The van der Waals surface area contributed by atoms with E-state index in [4.69, 9.17) is 34.8 Å². The molecule has 11 heteroatoms. The zero-order valence-electron chi connectivity index (χ0n) is 26.0. The van der Waals surface area contributed by atoms with Gasteiger partial charge in [-0.3, -0.25) is 13.9 Å². The van der Waals surface area contributed by atoms with Gasteiger partial charge in [-0.1, -0.05) is 88.9 Å². The smallest absolute Gasteiger partial charge is 0.264 e. The number of halogens is 3. The normalized spacial score (nSPS) is 12.1. The zero-order chi connectivity index (χ0) is 33.6. The van der Waals surface area contributed by atoms with Crippen molar-refractivity contribution in [3.8, 4) is 0 Å². The van der Waals surface area contributed by atoms with Crippen LogP contribution in [0.15, 0.2) is 95.9 Å². The summed E-state index contributed by atoms with van der Waals surface area (Å²) in [6.45, 7) is 6.64. The molecule has 0 aromatic heterocycles. The average Bonchev–Trinajstić information content (AvgIpc) is 3.00. The van der Waals surface area contributed by atoms with Crippen LogP contribution in [0.4, 0.5) is 5.69 Å². The third-order valence-electron chi connectivity index (χ3n) is 7.35. The summed E-state index contributed by atoms with van der Waals surface area (Å²) in [5, 5.41) is 4.00. The molecule has 0 spiro atoms. The Morgan fingerprint density at radius 2 is 1.48 bits per heavy atom. The first-order valence-corrected chi connectivity index (χ1v) is 17.3. The fourth-order valence-electron chi connectivity index (χ4n) is 5.02. The molecule has 0 aliphatic carbocycles. The Bertz CT molecular complexity index is 1800. The van der Waals surface area contributed by atoms with Crippen LogP contribution in [0.5, 0.6) is 0 Å². The zero-order valence-corrected chi connectivity index (χ0v) is 29.1. The molecular formula is C35H36Cl3N3O4S. The Morgan fingerprint density at radius 1 is 0.804 bits per heavy atom. The van der Waals surface area contributed by atoms with Gasteiger partial charge >= 0.3 is 0 Å². The number of rotatable bonds is 12. The molecule has 1 atom stereocenters. The van der Waals surface area contributed by atoms with E-state index in [-0.39, 0.29) is 34.8 Å². The molecule has 4 aromatic carbocycles. The van der Waals surface area contributed by atoms with Gasteiger partial charge in [0.25, 0.3) is 10.0 Å². The van der Waals surface area contributed by atoms with Gasteiger partial charge in [-0.2, -0.15) is 0 Å². The minimum absolute atomic E-state index is 0.0228. The molecule has 0 unspecified atom stereocenters. The van der Waals surface area contributed by atoms with E-state index in [1.54, 1.807) is 55.5 Å². The molecule has 0 aliphatic heterocycles. The lowest BCUT2D eigenvalue weighted by molar-refractivity contribution is -0.140. The highest BCUT2D eigenvalue weighted by Crippen LogP contribution is 2.30. The third-order valence-corrected chi connectivity index (χ3v) is 10.1. The maximum Gasteiger partial charge on any atom is 0.264 e. The molecule has 1 N–H and O–H groups in total. The SMILES string of the molecule is Cc1ccc(S(=O)(=O)N(CC(=O)N(Cc2ccc(Cl)c(Cl)c2)[C@@H](Cc2ccccc2)C(=O)NC(C)C)c2ccc(Cl)cc2C)cc1. The number of hydrogen-bond donors (Lipinski definition) is 1. The molecule has 0 saturated carbocycles. The van der Waals surface area contributed by atoms with Crippen molar-refractivity contribution in [2.75, 3.05) is 10.8 Å². The number of anilines is 1. The van der Waals surface area contributed by atoms with Crippen LogP contribution in [-0.2, 0) is 32.6 Å². The molecule has 0 aliphatic rings. The molecule has 0 saturated heterocycles. The molecule has 46 heavy (non-hydrogen) atoms. The minimum Gasteiger partial charge on any atom is -0.352 e. The van der Waals surface area contributed by atoms with E-state index in [0.29, 0.717) is 26.9 Å². The Morgan fingerprint density at radius 3 is 2.09 bits per heavy atom. The summed E-state index contributed by atoms with van der Waals surface area (Å²) in [6, 6.07) is 24.3. The highest BCUT2D eigenvalue weighted by Gasteiger charge is 2.35. The van der Waals surface area contributed by atoms with E-state index in [1.165, 1.54) is 17.0 Å². The van der Waals surface area contributed by atoms with Crippen LogP contribution in [0.1, 0.15) is 36.1 Å². The molecule has 2 amide bonds. The molecule has 0 heterocycles. The predicted molar refractivity (Wildman–Crippen MR) is 186 cm³/mol. The lowest BCUT2D eigenvalue weighted by Crippen LogP contribution is -2.54. The first kappa shape index (κ1) is 35.3. The molecule has 4 rings (SSSR count). The van der Waals surface area contributed by atoms with Crippen LogP contribution in [0.25, 0.3) is 0 Å². The lowest BCUT2D eigenvalue weighted by Gasteiger charge is -2.34. The van der Waals surface area contributed by atoms with Crippen molar-refractivity contribution in [3.05, 3.63) is 128 Å². The Labute approximate surface area is 286 Å². The van der Waals surface area contributed by atoms with Crippen LogP contribution in [-0.4, -0.2) is 43.8 Å². The second-order valence-electron chi connectivity index (χ2n) is 11.4. The van der Waals surface area contributed by atoms with Gasteiger partial charge in [-0.25, -0.2) is 8.42 Å². The highest BCUT2D eigenvalue weighted by atomic mass is 35.5. The standard InChI is InChI=1S/C35H36Cl3N3O4S/c1-23(2)39-35(43)33(20-26-8-6-5-7-9-26)40(21-27-12-16-30(37)31(38)19-27)34(42)22-41(32-17-13-28(36)18-25(32)4)46(44,45)29-14-10-24(3)11-15-29/h5-19,23,33H,20-22H2,1-4H3,(H,39,43)/t33-/m0/s1. The van der Waals surface area contributed by atoms with Crippen molar-refractivity contribution in [2.45, 2.75) is 57.6 Å². The summed E-state index contributed by atoms with van der Waals surface area (Å²) in [6.07, 6.45) is 0.192. The quantitative estimate of drug-likeness (QED) is 0.165. The molecule has 242 valence electrons. The number of nitrogens with zero attached hydrogens (tertiary/aromatic N) is 2. The van der Waals surface area contributed by atoms with Gasteiger partial charge in [0.2, 0.25) is 11.8 Å². The van der Waals surface area contributed by atoms with E-state index in [1.807, 2.05) is 51.1 Å². The van der Waals surface area contributed by atoms with Crippen molar-refractivity contribution in [2.24, 2.45) is 0 Å². The number of hydrogen-bond acceptors (Lipinski definition) is 4. The van der Waals surface area contributed by atoms with E-state index < -0.39 is 28.5 Å². The van der Waals surface area contributed by atoms with Crippen molar-refractivity contribution in [3.63, 3.8) is 0 Å². The Balaban J connectivity index is 1.84. The number of benzene rings is 4. The highest BCUT2D eigenvalue weighted by molar-refractivity contribution is 7.92. The first-order valence-electron chi connectivity index (χ1n) is 14.7. The second-order valence-corrected chi connectivity index (χ2v) is 14.5. The maximum absolute atomic E-state index is 14.6. The number of sulfonamides is 1. The summed E-state index contributed by atoms with van der Waals surface area (Å²) in [5.41, 5.74) is 3.19. The average molecular weight is 701 g/mol. The number of amides is 2. The lowest BCUT2D eigenvalue weighted by atomic mass is 10.0. The van der Waals surface area contributed by atoms with Gasteiger partial charge in [0.05, 0.1) is 20.6 Å². The summed E-state index contributed by atoms with van der Waals surface area (Å²) < 4.78 is 29.5. The van der Waals surface area contributed by atoms with Crippen LogP contribution >= 0.6 is 34.8 Å². The molecule has 0 bridgehead atoms. The summed E-state index contributed by atoms with van der Waals surface area (Å²) in [4.78, 5) is 29.8. The van der Waals surface area contributed by atoms with E-state index in [9.17, 15) is 18.0 Å². The molecular weight excluding hydrogens is 665 g/mol. The fraction of sp³-hybridized carbons (Fsp3) is 0.257. The third kappa shape index (κ3) is 8.82. The molecule has 7 nitrogen and oxygen atoms in total. The number of nitrogens with one attached hydrogen (secondary N) is 1. The second kappa shape index (κ2) is 15.4. The Hall–Kier alpha value is -3.56.